The molecule has 3 N–H and O–H groups in total. The predicted octanol–water partition coefficient (Wildman–Crippen LogP) is 5.74. The average Bonchev–Trinajstić information content (AvgIpc) is 2.04. The Morgan fingerprint density at radius 2 is 1.40 bits per heavy atom. The van der Waals surface area contributed by atoms with Crippen molar-refractivity contribution in [2.45, 2.75) is 52.5 Å². The van der Waals surface area contributed by atoms with Crippen LogP contribution in [0.1, 0.15) is 46.5 Å². The van der Waals surface area contributed by atoms with Crippen LogP contribution in [0.25, 0.3) is 11.9 Å². The van der Waals surface area contributed by atoms with Crippen molar-refractivity contribution in [3.05, 3.63) is 11.9 Å². The third-order valence-electron chi connectivity index (χ3n) is 2.95. The van der Waals surface area contributed by atoms with Gasteiger partial charge in [0.15, 0.2) is 0 Å². The molecule has 1 rings (SSSR count). The summed E-state index contributed by atoms with van der Waals surface area (Å²) in [5.41, 5.74) is 8.04. The van der Waals surface area contributed by atoms with Crippen LogP contribution in [0.2, 0.25) is 0 Å². The van der Waals surface area contributed by atoms with Crippen molar-refractivity contribution < 1.29 is 16.5 Å². The molecular formula is C10H22Cl2N2Pt. The van der Waals surface area contributed by atoms with Gasteiger partial charge in [0.05, 0.1) is 0 Å². The molecule has 0 amide bonds. The minimum Gasteiger partial charge on any atom is -0.693 e. The number of hydrogen-bond donors (Lipinski definition) is 0. The number of hydrogen-bond acceptors (Lipinski definition) is 0. The Hall–Kier alpha value is 1.19. The van der Waals surface area contributed by atoms with Gasteiger partial charge in [0.25, 0.3) is 0 Å². The van der Waals surface area contributed by atoms with E-state index < -0.39 is 16.5 Å². The van der Waals surface area contributed by atoms with Gasteiger partial charge in [-0.1, -0.05) is 46.5 Å². The zero-order valence-electron chi connectivity index (χ0n) is 9.63. The smallest absolute Gasteiger partial charge is 0.693 e. The van der Waals surface area contributed by atoms with Gasteiger partial charge in [-0.15, -0.1) is 6.04 Å². The molecule has 0 aliphatic heterocycles. The summed E-state index contributed by atoms with van der Waals surface area (Å²) in [7, 11) is 9.75. The van der Waals surface area contributed by atoms with Crippen LogP contribution in [0, 0.1) is 11.3 Å². The third kappa shape index (κ3) is 8.94. The molecule has 1 aliphatic rings. The zero-order chi connectivity index (χ0) is 11.2. The van der Waals surface area contributed by atoms with E-state index in [0.717, 1.165) is 18.8 Å². The van der Waals surface area contributed by atoms with E-state index in [0.29, 0.717) is 5.41 Å². The molecule has 15 heavy (non-hydrogen) atoms. The molecule has 0 radical (unpaired) electrons. The van der Waals surface area contributed by atoms with Crippen LogP contribution in [0.5, 0.6) is 0 Å². The van der Waals surface area contributed by atoms with Gasteiger partial charge in [0, 0.05) is 0 Å². The molecule has 1 fully saturated rings. The summed E-state index contributed by atoms with van der Waals surface area (Å²) >= 11 is -0.472. The topological polar surface area (TPSA) is 57.3 Å². The molecule has 0 saturated heterocycles. The second kappa shape index (κ2) is 9.24. The van der Waals surface area contributed by atoms with E-state index in [-0.39, 0.29) is 12.2 Å². The molecule has 2 nitrogen and oxygen atoms in total. The van der Waals surface area contributed by atoms with E-state index in [4.69, 9.17) is 24.6 Å². The number of rotatable bonds is 0. The molecule has 0 atom stereocenters. The fraction of sp³-hybridized carbons (Fsp3) is 1.00. The van der Waals surface area contributed by atoms with Crippen molar-refractivity contribution >= 4 is 18.8 Å². The van der Waals surface area contributed by atoms with Crippen LogP contribution in [0.3, 0.4) is 0 Å². The first kappa shape index (κ1) is 18.6. The molecule has 0 aromatic rings. The maximum absolute atomic E-state index is 7.57. The number of halogens is 2. The quantitative estimate of drug-likeness (QED) is 0.465. The summed E-state index contributed by atoms with van der Waals surface area (Å²) in [5, 5.41) is 0. The first-order chi connectivity index (χ1) is 6.41. The van der Waals surface area contributed by atoms with E-state index >= 15 is 0 Å². The van der Waals surface area contributed by atoms with Gasteiger partial charge in [-0.3, -0.25) is 0 Å². The van der Waals surface area contributed by atoms with Crippen LogP contribution in [-0.4, -0.2) is 6.04 Å². The maximum Gasteiger partial charge on any atom is -0.693 e. The summed E-state index contributed by atoms with van der Waals surface area (Å²) in [6.07, 6.45) is 4.80. The molecule has 0 aromatic carbocycles. The second-order valence-corrected chi connectivity index (χ2v) is 8.24. The van der Waals surface area contributed by atoms with Gasteiger partial charge >= 0.3 is 35.3 Å². The first-order valence-corrected chi connectivity index (χ1v) is 10.6. The monoisotopic (exact) mass is 435 g/mol. The SMILES string of the molecule is CC(C)(C)C1CCC([NH-])CC1.[Cl][Pt+2][Cl].[NH2-]. The minimum atomic E-state index is -0.472. The van der Waals surface area contributed by atoms with Crippen LogP contribution < -0.4 is 0 Å². The van der Waals surface area contributed by atoms with Gasteiger partial charge in [0.2, 0.25) is 0 Å². The molecular weight excluding hydrogens is 414 g/mol. The minimum absolute atomic E-state index is 0. The van der Waals surface area contributed by atoms with Crippen LogP contribution in [0.15, 0.2) is 0 Å². The van der Waals surface area contributed by atoms with E-state index in [1.165, 1.54) is 12.8 Å². The van der Waals surface area contributed by atoms with Crippen molar-refractivity contribution in [1.82, 2.24) is 0 Å². The Kier molecular flexibility index (Phi) is 11.4. The van der Waals surface area contributed by atoms with Crippen LogP contribution in [0.4, 0.5) is 0 Å². The predicted molar refractivity (Wildman–Crippen MR) is 66.5 cm³/mol. The molecule has 96 valence electrons. The van der Waals surface area contributed by atoms with E-state index in [1.54, 1.807) is 0 Å². The van der Waals surface area contributed by atoms with Crippen LogP contribution in [-0.2, 0) is 16.5 Å². The van der Waals surface area contributed by atoms with Gasteiger partial charge in [-0.2, -0.15) is 0 Å². The molecule has 0 unspecified atom stereocenters. The largest absolute Gasteiger partial charge is 0.693 e. The molecule has 1 saturated carbocycles. The molecule has 0 heterocycles. The molecule has 0 spiro atoms. The Labute approximate surface area is 111 Å². The Bertz CT molecular complexity index is 143. The Balaban J connectivity index is 0. The summed E-state index contributed by atoms with van der Waals surface area (Å²) in [6.45, 7) is 6.96. The van der Waals surface area contributed by atoms with Crippen molar-refractivity contribution in [3.63, 3.8) is 0 Å². The van der Waals surface area contributed by atoms with Crippen molar-refractivity contribution in [2.24, 2.45) is 11.3 Å². The molecule has 1 aliphatic carbocycles. The number of nitrogens with two attached hydrogens (primary N) is 1. The zero-order valence-corrected chi connectivity index (χ0v) is 13.4. The fourth-order valence-corrected chi connectivity index (χ4v) is 1.96. The van der Waals surface area contributed by atoms with Crippen molar-refractivity contribution in [1.29, 1.82) is 0 Å². The molecule has 0 bridgehead atoms. The van der Waals surface area contributed by atoms with Crippen LogP contribution >= 0.6 is 18.8 Å². The Morgan fingerprint density at radius 1 is 1.07 bits per heavy atom. The van der Waals surface area contributed by atoms with E-state index in [1.807, 2.05) is 0 Å². The summed E-state index contributed by atoms with van der Waals surface area (Å²) in [5.74, 6) is 0.865. The number of nitrogens with one attached hydrogen (secondary N) is 1. The molecule has 5 heteroatoms. The third-order valence-corrected chi connectivity index (χ3v) is 2.95. The summed E-state index contributed by atoms with van der Waals surface area (Å²) in [4.78, 5) is 0. The Morgan fingerprint density at radius 3 is 1.67 bits per heavy atom. The van der Waals surface area contributed by atoms with Gasteiger partial charge in [-0.05, 0) is 11.3 Å². The average molecular weight is 436 g/mol. The first-order valence-electron chi connectivity index (χ1n) is 4.95. The van der Waals surface area contributed by atoms with E-state index in [2.05, 4.69) is 20.8 Å². The maximum atomic E-state index is 7.57. The van der Waals surface area contributed by atoms with Crippen molar-refractivity contribution in [2.75, 3.05) is 0 Å². The standard InChI is InChI=1S/C10H20N.2ClH.H2N.Pt/c1-10(2,3)8-4-6-9(11)7-5-8;;;;/h8-9,11H,4-7H2,1-3H3;2*1H;1H2;/q-1;;;-1;+4/p-2. The van der Waals surface area contributed by atoms with Gasteiger partial charge in [-0.25, -0.2) is 0 Å². The van der Waals surface area contributed by atoms with E-state index in [9.17, 15) is 0 Å². The molecule has 0 aromatic heterocycles. The normalized spacial score (nSPS) is 26.3. The van der Waals surface area contributed by atoms with Gasteiger partial charge in [0.1, 0.15) is 0 Å². The summed E-state index contributed by atoms with van der Waals surface area (Å²) in [6, 6.07) is 0.244. The second-order valence-electron chi connectivity index (χ2n) is 4.96. The summed E-state index contributed by atoms with van der Waals surface area (Å²) < 4.78 is 0. The fourth-order valence-electron chi connectivity index (χ4n) is 1.96. The van der Waals surface area contributed by atoms with Gasteiger partial charge < -0.3 is 11.9 Å². The van der Waals surface area contributed by atoms with Crippen molar-refractivity contribution in [3.8, 4) is 0 Å².